The van der Waals surface area contributed by atoms with Crippen molar-refractivity contribution in [2.24, 2.45) is 17.8 Å². The largest absolute Gasteiger partial charge is 0.481 e. The molecular weight excluding hydrogens is 242 g/mol. The summed E-state index contributed by atoms with van der Waals surface area (Å²) in [4.78, 5) is 25.3. The molecule has 4 heteroatoms. The van der Waals surface area contributed by atoms with Gasteiger partial charge < -0.3 is 10.0 Å². The van der Waals surface area contributed by atoms with Crippen molar-refractivity contribution in [2.75, 3.05) is 13.1 Å². The summed E-state index contributed by atoms with van der Waals surface area (Å²) in [5.41, 5.74) is 0. The van der Waals surface area contributed by atoms with Crippen LogP contribution in [0, 0.1) is 17.8 Å². The molecule has 2 fully saturated rings. The van der Waals surface area contributed by atoms with E-state index in [0.717, 1.165) is 44.6 Å². The van der Waals surface area contributed by atoms with Crippen molar-refractivity contribution in [3.63, 3.8) is 0 Å². The van der Waals surface area contributed by atoms with Gasteiger partial charge in [0.1, 0.15) is 0 Å². The molecule has 1 saturated carbocycles. The van der Waals surface area contributed by atoms with Crippen molar-refractivity contribution in [3.8, 4) is 0 Å². The molecule has 1 heterocycles. The molecule has 0 aromatic rings. The van der Waals surface area contributed by atoms with E-state index in [4.69, 9.17) is 5.11 Å². The molecule has 0 aromatic heterocycles. The van der Waals surface area contributed by atoms with Crippen molar-refractivity contribution < 1.29 is 14.7 Å². The quantitative estimate of drug-likeness (QED) is 0.855. The number of carbonyl (C=O) groups excluding carboxylic acids is 1. The van der Waals surface area contributed by atoms with Crippen LogP contribution in [0.5, 0.6) is 0 Å². The highest BCUT2D eigenvalue weighted by molar-refractivity contribution is 5.80. The molecule has 0 bridgehead atoms. The van der Waals surface area contributed by atoms with E-state index in [1.165, 1.54) is 6.42 Å². The van der Waals surface area contributed by atoms with Crippen LogP contribution in [0.25, 0.3) is 0 Å². The van der Waals surface area contributed by atoms with Gasteiger partial charge in [0.25, 0.3) is 0 Å². The number of piperidine rings is 1. The highest BCUT2D eigenvalue weighted by Crippen LogP contribution is 2.32. The first-order valence-electron chi connectivity index (χ1n) is 7.63. The first-order valence-corrected chi connectivity index (χ1v) is 7.63. The Labute approximate surface area is 115 Å². The summed E-state index contributed by atoms with van der Waals surface area (Å²) in [5.74, 6) is 0.0323. The first kappa shape index (κ1) is 14.4. The number of aliphatic carboxylic acids is 1. The maximum atomic E-state index is 12.4. The van der Waals surface area contributed by atoms with Crippen LogP contribution < -0.4 is 0 Å². The van der Waals surface area contributed by atoms with Gasteiger partial charge in [-0.25, -0.2) is 0 Å². The van der Waals surface area contributed by atoms with Gasteiger partial charge in [0.15, 0.2) is 0 Å². The number of rotatable bonds is 3. The monoisotopic (exact) mass is 267 g/mol. The van der Waals surface area contributed by atoms with Crippen LogP contribution in [0.2, 0.25) is 0 Å². The number of hydrogen-bond acceptors (Lipinski definition) is 2. The van der Waals surface area contributed by atoms with Crippen molar-refractivity contribution in [3.05, 3.63) is 0 Å². The molecule has 1 saturated heterocycles. The van der Waals surface area contributed by atoms with Gasteiger partial charge in [0.05, 0.1) is 5.92 Å². The summed E-state index contributed by atoms with van der Waals surface area (Å²) >= 11 is 0. The Morgan fingerprint density at radius 3 is 2.37 bits per heavy atom. The molecule has 4 nitrogen and oxygen atoms in total. The molecular formula is C15H25NO3. The van der Waals surface area contributed by atoms with E-state index in [9.17, 15) is 9.59 Å². The second-order valence-electron chi connectivity index (χ2n) is 6.09. The standard InChI is InChI=1S/C15H25NO3/c1-2-11-5-7-12(8-6-11)14(17)16-9-3-4-13(10-16)15(18)19/h11-13H,2-10H2,1H3,(H,18,19). The van der Waals surface area contributed by atoms with Crippen LogP contribution >= 0.6 is 0 Å². The van der Waals surface area contributed by atoms with Crippen LogP contribution in [0.15, 0.2) is 0 Å². The molecule has 1 amide bonds. The Hall–Kier alpha value is -1.06. The lowest BCUT2D eigenvalue weighted by atomic mass is 9.80. The highest BCUT2D eigenvalue weighted by Gasteiger charge is 2.33. The molecule has 19 heavy (non-hydrogen) atoms. The van der Waals surface area contributed by atoms with Crippen LogP contribution in [0.4, 0.5) is 0 Å². The minimum Gasteiger partial charge on any atom is -0.481 e. The lowest BCUT2D eigenvalue weighted by Gasteiger charge is -2.35. The zero-order chi connectivity index (χ0) is 13.8. The van der Waals surface area contributed by atoms with Gasteiger partial charge in [0, 0.05) is 19.0 Å². The number of hydrogen-bond donors (Lipinski definition) is 1. The molecule has 1 unspecified atom stereocenters. The maximum Gasteiger partial charge on any atom is 0.308 e. The van der Waals surface area contributed by atoms with Gasteiger partial charge in [-0.15, -0.1) is 0 Å². The van der Waals surface area contributed by atoms with Crippen molar-refractivity contribution in [1.82, 2.24) is 4.90 Å². The smallest absolute Gasteiger partial charge is 0.308 e. The fourth-order valence-electron chi connectivity index (χ4n) is 3.45. The topological polar surface area (TPSA) is 57.6 Å². The zero-order valence-electron chi connectivity index (χ0n) is 11.8. The lowest BCUT2D eigenvalue weighted by Crippen LogP contribution is -2.45. The molecule has 1 N–H and O–H groups in total. The third-order valence-electron chi connectivity index (χ3n) is 4.86. The van der Waals surface area contributed by atoms with Gasteiger partial charge in [-0.3, -0.25) is 9.59 Å². The van der Waals surface area contributed by atoms with E-state index in [1.807, 2.05) is 0 Å². The van der Waals surface area contributed by atoms with Gasteiger partial charge in [-0.05, 0) is 44.4 Å². The summed E-state index contributed by atoms with van der Waals surface area (Å²) in [7, 11) is 0. The van der Waals surface area contributed by atoms with Crippen LogP contribution in [-0.2, 0) is 9.59 Å². The van der Waals surface area contributed by atoms with Crippen LogP contribution in [-0.4, -0.2) is 35.0 Å². The Kier molecular flexibility index (Phi) is 4.83. The van der Waals surface area contributed by atoms with E-state index in [0.29, 0.717) is 13.0 Å². The Morgan fingerprint density at radius 2 is 1.79 bits per heavy atom. The summed E-state index contributed by atoms with van der Waals surface area (Å²) in [6, 6.07) is 0. The fraction of sp³-hybridized carbons (Fsp3) is 0.867. The SMILES string of the molecule is CCC1CCC(C(=O)N2CCCC(C(=O)O)C2)CC1. The third kappa shape index (κ3) is 3.48. The molecule has 0 aromatic carbocycles. The molecule has 0 radical (unpaired) electrons. The Morgan fingerprint density at radius 1 is 1.11 bits per heavy atom. The van der Waals surface area contributed by atoms with E-state index in [-0.39, 0.29) is 17.7 Å². The van der Waals surface area contributed by atoms with Crippen molar-refractivity contribution in [2.45, 2.75) is 51.9 Å². The first-order chi connectivity index (χ1) is 9.11. The third-order valence-corrected chi connectivity index (χ3v) is 4.86. The van der Waals surface area contributed by atoms with E-state index in [2.05, 4.69) is 6.92 Å². The Balaban J connectivity index is 1.87. The number of carbonyl (C=O) groups is 2. The summed E-state index contributed by atoms with van der Waals surface area (Å²) in [6.45, 7) is 3.38. The number of carboxylic acids is 1. The van der Waals surface area contributed by atoms with Crippen LogP contribution in [0.3, 0.4) is 0 Å². The van der Waals surface area contributed by atoms with Crippen LogP contribution in [0.1, 0.15) is 51.9 Å². The summed E-state index contributed by atoms with van der Waals surface area (Å²) in [5, 5.41) is 9.08. The number of likely N-dealkylation sites (tertiary alicyclic amines) is 1. The minimum absolute atomic E-state index is 0.148. The normalized spacial score (nSPS) is 32.1. The molecule has 108 valence electrons. The number of carboxylic acid groups (broad SMARTS) is 1. The molecule has 1 atom stereocenters. The predicted molar refractivity (Wildman–Crippen MR) is 72.7 cm³/mol. The Bertz CT molecular complexity index is 334. The van der Waals surface area contributed by atoms with Gasteiger partial charge in [0.2, 0.25) is 5.91 Å². The molecule has 2 aliphatic rings. The number of nitrogens with zero attached hydrogens (tertiary/aromatic N) is 1. The van der Waals surface area contributed by atoms with Gasteiger partial charge in [-0.2, -0.15) is 0 Å². The number of amides is 1. The van der Waals surface area contributed by atoms with E-state index in [1.54, 1.807) is 4.90 Å². The van der Waals surface area contributed by atoms with Gasteiger partial charge in [-0.1, -0.05) is 13.3 Å². The van der Waals surface area contributed by atoms with Crippen molar-refractivity contribution in [1.29, 1.82) is 0 Å². The van der Waals surface area contributed by atoms with E-state index >= 15 is 0 Å². The molecule has 1 aliphatic heterocycles. The summed E-state index contributed by atoms with van der Waals surface area (Å²) < 4.78 is 0. The average Bonchev–Trinajstić information content (AvgIpc) is 2.46. The van der Waals surface area contributed by atoms with Crippen molar-refractivity contribution >= 4 is 11.9 Å². The lowest BCUT2D eigenvalue weighted by molar-refractivity contribution is -0.147. The minimum atomic E-state index is -0.757. The molecule has 1 aliphatic carbocycles. The summed E-state index contributed by atoms with van der Waals surface area (Å²) in [6.07, 6.45) is 7.05. The highest BCUT2D eigenvalue weighted by atomic mass is 16.4. The fourth-order valence-corrected chi connectivity index (χ4v) is 3.45. The predicted octanol–water partition coefficient (Wildman–Crippen LogP) is 2.53. The second-order valence-corrected chi connectivity index (χ2v) is 6.09. The molecule has 0 spiro atoms. The second kappa shape index (κ2) is 6.40. The maximum absolute atomic E-state index is 12.4. The van der Waals surface area contributed by atoms with Gasteiger partial charge >= 0.3 is 5.97 Å². The average molecular weight is 267 g/mol. The molecule has 2 rings (SSSR count). The van der Waals surface area contributed by atoms with E-state index < -0.39 is 5.97 Å². The zero-order valence-corrected chi connectivity index (χ0v) is 11.8.